The third-order valence-corrected chi connectivity index (χ3v) is 4.00. The number of hydrogen-bond donors (Lipinski definition) is 1. The van der Waals surface area contributed by atoms with E-state index >= 15 is 0 Å². The number of hydrogen-bond acceptors (Lipinski definition) is 2. The van der Waals surface area contributed by atoms with Crippen molar-refractivity contribution in [1.29, 1.82) is 0 Å². The van der Waals surface area contributed by atoms with Gasteiger partial charge in [0.1, 0.15) is 0 Å². The first-order valence-corrected chi connectivity index (χ1v) is 6.76. The van der Waals surface area contributed by atoms with Crippen LogP contribution < -0.4 is 5.32 Å². The molecule has 1 amide bonds. The Morgan fingerprint density at radius 1 is 1.44 bits per heavy atom. The summed E-state index contributed by atoms with van der Waals surface area (Å²) >= 11 is 7.48. The molecule has 1 saturated carbocycles. The fourth-order valence-electron chi connectivity index (χ4n) is 1.34. The van der Waals surface area contributed by atoms with Crippen LogP contribution in [0.5, 0.6) is 0 Å². The molecule has 0 heterocycles. The highest BCUT2D eigenvalue weighted by atomic mass is 35.5. The van der Waals surface area contributed by atoms with Crippen molar-refractivity contribution in [3.05, 3.63) is 29.3 Å². The van der Waals surface area contributed by atoms with Gasteiger partial charge in [0.15, 0.2) is 0 Å². The van der Waals surface area contributed by atoms with Crippen molar-refractivity contribution in [3.63, 3.8) is 0 Å². The summed E-state index contributed by atoms with van der Waals surface area (Å²) < 4.78 is 0. The minimum Gasteiger partial charge on any atom is -0.355 e. The number of carbonyl (C=O) groups excluding carboxylic acids is 1. The lowest BCUT2D eigenvalue weighted by Crippen LogP contribution is -2.27. The maximum Gasteiger partial charge on any atom is 0.230 e. The molecule has 0 spiro atoms. The molecule has 4 heteroatoms. The van der Waals surface area contributed by atoms with E-state index in [1.807, 2.05) is 24.3 Å². The summed E-state index contributed by atoms with van der Waals surface area (Å²) in [7, 11) is 0. The van der Waals surface area contributed by atoms with Crippen molar-refractivity contribution < 1.29 is 4.79 Å². The maximum atomic E-state index is 11.5. The second-order valence-electron chi connectivity index (χ2n) is 3.97. The first kappa shape index (κ1) is 11.8. The van der Waals surface area contributed by atoms with Gasteiger partial charge in [-0.15, -0.1) is 11.8 Å². The molecule has 0 bridgehead atoms. The number of amides is 1. The molecular formula is C12H14ClNOS. The molecule has 0 saturated heterocycles. The molecule has 86 valence electrons. The third-order valence-electron chi connectivity index (χ3n) is 2.48. The van der Waals surface area contributed by atoms with Crippen LogP contribution in [-0.4, -0.2) is 18.2 Å². The van der Waals surface area contributed by atoms with Crippen LogP contribution >= 0.6 is 23.4 Å². The molecule has 0 aromatic heterocycles. The maximum absolute atomic E-state index is 11.5. The van der Waals surface area contributed by atoms with Gasteiger partial charge in [-0.05, 0) is 30.9 Å². The van der Waals surface area contributed by atoms with Crippen molar-refractivity contribution in [1.82, 2.24) is 5.32 Å². The third kappa shape index (κ3) is 3.72. The SMILES string of the molecule is O=C(CSc1ccccc1Cl)NCC1CC1. The lowest BCUT2D eigenvalue weighted by molar-refractivity contribution is -0.118. The molecule has 1 N–H and O–H groups in total. The molecule has 1 fully saturated rings. The number of thioether (sulfide) groups is 1. The number of halogens is 1. The van der Waals surface area contributed by atoms with Crippen LogP contribution in [0.15, 0.2) is 29.2 Å². The van der Waals surface area contributed by atoms with E-state index in [9.17, 15) is 4.79 Å². The van der Waals surface area contributed by atoms with Crippen molar-refractivity contribution in [2.24, 2.45) is 5.92 Å². The van der Waals surface area contributed by atoms with E-state index in [0.717, 1.165) is 17.4 Å². The summed E-state index contributed by atoms with van der Waals surface area (Å²) in [4.78, 5) is 12.4. The molecule has 0 aliphatic heterocycles. The van der Waals surface area contributed by atoms with Crippen molar-refractivity contribution >= 4 is 29.3 Å². The second kappa shape index (κ2) is 5.60. The smallest absolute Gasteiger partial charge is 0.230 e. The molecule has 1 aromatic rings. The molecule has 0 unspecified atom stereocenters. The van der Waals surface area contributed by atoms with E-state index in [4.69, 9.17) is 11.6 Å². The summed E-state index contributed by atoms with van der Waals surface area (Å²) in [5.41, 5.74) is 0. The highest BCUT2D eigenvalue weighted by molar-refractivity contribution is 8.00. The van der Waals surface area contributed by atoms with Crippen LogP contribution in [-0.2, 0) is 4.79 Å². The summed E-state index contributed by atoms with van der Waals surface area (Å²) in [5, 5.41) is 3.64. The van der Waals surface area contributed by atoms with Gasteiger partial charge < -0.3 is 5.32 Å². The summed E-state index contributed by atoms with van der Waals surface area (Å²) in [6, 6.07) is 7.59. The van der Waals surface area contributed by atoms with E-state index < -0.39 is 0 Å². The molecule has 1 aliphatic carbocycles. The van der Waals surface area contributed by atoms with Crippen molar-refractivity contribution in [3.8, 4) is 0 Å². The quantitative estimate of drug-likeness (QED) is 0.820. The Kier molecular flexibility index (Phi) is 4.13. The Hall–Kier alpha value is -0.670. The molecule has 1 aliphatic rings. The zero-order valence-corrected chi connectivity index (χ0v) is 10.5. The van der Waals surface area contributed by atoms with E-state index in [1.165, 1.54) is 24.6 Å². The Morgan fingerprint density at radius 3 is 2.88 bits per heavy atom. The molecule has 2 rings (SSSR count). The van der Waals surface area contributed by atoms with Crippen LogP contribution in [0.4, 0.5) is 0 Å². The minimum absolute atomic E-state index is 0.0943. The summed E-state index contributed by atoms with van der Waals surface area (Å²) in [5.74, 6) is 1.27. The van der Waals surface area contributed by atoms with Gasteiger partial charge in [-0.3, -0.25) is 4.79 Å². The first-order chi connectivity index (χ1) is 7.75. The minimum atomic E-state index is 0.0943. The molecule has 2 nitrogen and oxygen atoms in total. The molecular weight excluding hydrogens is 242 g/mol. The van der Waals surface area contributed by atoms with Crippen molar-refractivity contribution in [2.75, 3.05) is 12.3 Å². The van der Waals surface area contributed by atoms with Crippen LogP contribution in [0.1, 0.15) is 12.8 Å². The Balaban J connectivity index is 1.73. The van der Waals surface area contributed by atoms with Crippen LogP contribution in [0, 0.1) is 5.92 Å². The van der Waals surface area contributed by atoms with Crippen LogP contribution in [0.25, 0.3) is 0 Å². The van der Waals surface area contributed by atoms with E-state index in [0.29, 0.717) is 10.8 Å². The predicted octanol–water partition coefficient (Wildman–Crippen LogP) is 2.96. The van der Waals surface area contributed by atoms with Gasteiger partial charge in [-0.1, -0.05) is 23.7 Å². The van der Waals surface area contributed by atoms with Crippen LogP contribution in [0.3, 0.4) is 0 Å². The normalized spacial score (nSPS) is 14.8. The zero-order valence-electron chi connectivity index (χ0n) is 8.91. The standard InChI is InChI=1S/C12H14ClNOS/c13-10-3-1-2-4-11(10)16-8-12(15)14-7-9-5-6-9/h1-4,9H,5-8H2,(H,14,15). The number of nitrogens with one attached hydrogen (secondary N) is 1. The van der Waals surface area contributed by atoms with Crippen LogP contribution in [0.2, 0.25) is 5.02 Å². The largest absolute Gasteiger partial charge is 0.355 e. The number of rotatable bonds is 5. The summed E-state index contributed by atoms with van der Waals surface area (Å²) in [6.07, 6.45) is 2.52. The van der Waals surface area contributed by atoms with Gasteiger partial charge in [-0.25, -0.2) is 0 Å². The lowest BCUT2D eigenvalue weighted by Gasteiger charge is -2.05. The van der Waals surface area contributed by atoms with E-state index in [2.05, 4.69) is 5.32 Å². The first-order valence-electron chi connectivity index (χ1n) is 5.40. The van der Waals surface area contributed by atoms with Gasteiger partial charge in [0, 0.05) is 11.4 Å². The summed E-state index contributed by atoms with van der Waals surface area (Å²) in [6.45, 7) is 0.835. The molecule has 0 atom stereocenters. The van der Waals surface area contributed by atoms with Gasteiger partial charge in [-0.2, -0.15) is 0 Å². The van der Waals surface area contributed by atoms with Gasteiger partial charge in [0.2, 0.25) is 5.91 Å². The highest BCUT2D eigenvalue weighted by Crippen LogP contribution is 2.28. The number of benzene rings is 1. The van der Waals surface area contributed by atoms with E-state index in [-0.39, 0.29) is 5.91 Å². The lowest BCUT2D eigenvalue weighted by atomic mass is 10.4. The average molecular weight is 256 g/mol. The van der Waals surface area contributed by atoms with Gasteiger partial charge in [0.05, 0.1) is 10.8 Å². The Labute approximate surface area is 105 Å². The van der Waals surface area contributed by atoms with Crippen molar-refractivity contribution in [2.45, 2.75) is 17.7 Å². The predicted molar refractivity (Wildman–Crippen MR) is 67.9 cm³/mol. The zero-order chi connectivity index (χ0) is 11.4. The molecule has 0 radical (unpaired) electrons. The average Bonchev–Trinajstić information content (AvgIpc) is 3.09. The number of carbonyl (C=O) groups is 1. The topological polar surface area (TPSA) is 29.1 Å². The molecule has 16 heavy (non-hydrogen) atoms. The fraction of sp³-hybridized carbons (Fsp3) is 0.417. The van der Waals surface area contributed by atoms with Gasteiger partial charge in [0.25, 0.3) is 0 Å². The highest BCUT2D eigenvalue weighted by Gasteiger charge is 2.21. The monoisotopic (exact) mass is 255 g/mol. The fourth-order valence-corrected chi connectivity index (χ4v) is 2.41. The second-order valence-corrected chi connectivity index (χ2v) is 5.39. The Bertz CT molecular complexity index is 379. The Morgan fingerprint density at radius 2 is 2.19 bits per heavy atom. The van der Waals surface area contributed by atoms with E-state index in [1.54, 1.807) is 0 Å². The molecule has 1 aromatic carbocycles. The van der Waals surface area contributed by atoms with Gasteiger partial charge >= 0.3 is 0 Å².